The maximum Gasteiger partial charge on any atom is 0.257 e. The fourth-order valence-corrected chi connectivity index (χ4v) is 6.41. The standard InChI is InChI=1S/C31H32FN7O3/c1-2-42-23-14-20(31(41)36-24-15-18(9-10-34-24)17-3-4-17)13-22(32)26(23)27-28-29(33)35-11-12-38(28)30(37-27)19-5-6-21-7-8-25(40)39(21)16-19/h9-15,17,19,21H,2-8,16H2,1H3,(H2,33,35)(H,34,36,41)/t19-,21+/m1/s1. The lowest BCUT2D eigenvalue weighted by Gasteiger charge is -2.34. The van der Waals surface area contributed by atoms with E-state index in [2.05, 4.69) is 15.3 Å². The van der Waals surface area contributed by atoms with E-state index in [1.807, 2.05) is 21.4 Å². The number of nitrogen functional groups attached to an aromatic ring is 1. The van der Waals surface area contributed by atoms with Crippen molar-refractivity contribution in [2.45, 2.75) is 63.3 Å². The third-order valence-electron chi connectivity index (χ3n) is 8.62. The van der Waals surface area contributed by atoms with Crippen molar-refractivity contribution in [1.29, 1.82) is 0 Å². The Kier molecular flexibility index (Phi) is 6.52. The molecular formula is C31H32FN7O3. The lowest BCUT2D eigenvalue weighted by Crippen LogP contribution is -2.41. The number of hydrogen-bond acceptors (Lipinski definition) is 7. The molecule has 0 unspecified atom stereocenters. The van der Waals surface area contributed by atoms with Crippen LogP contribution in [0.4, 0.5) is 16.0 Å². The first-order valence-electron chi connectivity index (χ1n) is 14.6. The molecule has 1 saturated carbocycles. The van der Waals surface area contributed by atoms with Crippen LogP contribution >= 0.6 is 0 Å². The third kappa shape index (κ3) is 4.62. The number of benzene rings is 1. The first kappa shape index (κ1) is 26.4. The quantitative estimate of drug-likeness (QED) is 0.324. The maximum absolute atomic E-state index is 16.1. The van der Waals surface area contributed by atoms with E-state index in [9.17, 15) is 9.59 Å². The number of ether oxygens (including phenoxy) is 1. The zero-order chi connectivity index (χ0) is 29.0. The highest BCUT2D eigenvalue weighted by atomic mass is 19.1. The smallest absolute Gasteiger partial charge is 0.257 e. The van der Waals surface area contributed by atoms with Gasteiger partial charge in [-0.25, -0.2) is 19.3 Å². The molecule has 216 valence electrons. The van der Waals surface area contributed by atoms with Gasteiger partial charge in [-0.15, -0.1) is 0 Å². The van der Waals surface area contributed by atoms with Crippen molar-refractivity contribution in [3.63, 3.8) is 0 Å². The topological polar surface area (TPSA) is 128 Å². The summed E-state index contributed by atoms with van der Waals surface area (Å²) in [4.78, 5) is 41.1. The van der Waals surface area contributed by atoms with E-state index in [1.54, 1.807) is 25.5 Å². The minimum absolute atomic E-state index is 0.0473. The van der Waals surface area contributed by atoms with Gasteiger partial charge in [0.15, 0.2) is 0 Å². The first-order chi connectivity index (χ1) is 20.4. The number of amides is 2. The van der Waals surface area contributed by atoms with Crippen molar-refractivity contribution in [3.05, 3.63) is 65.6 Å². The molecule has 1 aliphatic carbocycles. The number of aromatic nitrogens is 4. The minimum atomic E-state index is -0.668. The molecule has 2 amide bonds. The van der Waals surface area contributed by atoms with E-state index in [-0.39, 0.29) is 52.9 Å². The van der Waals surface area contributed by atoms with Crippen molar-refractivity contribution in [1.82, 2.24) is 24.3 Å². The Balaban J connectivity index is 1.27. The molecule has 0 spiro atoms. The highest BCUT2D eigenvalue weighted by molar-refractivity contribution is 6.05. The van der Waals surface area contributed by atoms with Crippen molar-refractivity contribution in [3.8, 4) is 17.0 Å². The monoisotopic (exact) mass is 569 g/mol. The van der Waals surface area contributed by atoms with Crippen LogP contribution in [0, 0.1) is 5.82 Å². The van der Waals surface area contributed by atoms with Crippen LogP contribution in [0.3, 0.4) is 0 Å². The molecule has 2 saturated heterocycles. The van der Waals surface area contributed by atoms with E-state index in [1.165, 1.54) is 12.1 Å². The van der Waals surface area contributed by atoms with Crippen LogP contribution in [0.15, 0.2) is 42.9 Å². The number of fused-ring (bicyclic) bond motifs is 2. The molecule has 11 heteroatoms. The van der Waals surface area contributed by atoms with Gasteiger partial charge in [-0.1, -0.05) is 0 Å². The predicted molar refractivity (Wildman–Crippen MR) is 155 cm³/mol. The maximum atomic E-state index is 16.1. The van der Waals surface area contributed by atoms with E-state index in [0.29, 0.717) is 36.0 Å². The predicted octanol–water partition coefficient (Wildman–Crippen LogP) is 4.91. The fourth-order valence-electron chi connectivity index (χ4n) is 6.41. The Hall–Kier alpha value is -4.54. The van der Waals surface area contributed by atoms with Crippen LogP contribution < -0.4 is 15.8 Å². The van der Waals surface area contributed by atoms with Crippen molar-refractivity contribution in [2.75, 3.05) is 24.2 Å². The summed E-state index contributed by atoms with van der Waals surface area (Å²) >= 11 is 0. The summed E-state index contributed by atoms with van der Waals surface area (Å²) in [6.07, 6.45) is 10.5. The molecular weight excluding hydrogens is 537 g/mol. The molecule has 10 nitrogen and oxygen atoms in total. The number of anilines is 2. The number of nitrogens with two attached hydrogens (primary N) is 1. The number of carbonyl (C=O) groups is 2. The number of carbonyl (C=O) groups excluding carboxylic acids is 2. The molecule has 5 heterocycles. The van der Waals surface area contributed by atoms with E-state index >= 15 is 4.39 Å². The summed E-state index contributed by atoms with van der Waals surface area (Å²) < 4.78 is 23.8. The lowest BCUT2D eigenvalue weighted by atomic mass is 9.92. The number of piperidine rings is 1. The largest absolute Gasteiger partial charge is 0.493 e. The molecule has 3 fully saturated rings. The lowest BCUT2D eigenvalue weighted by molar-refractivity contribution is -0.130. The van der Waals surface area contributed by atoms with Crippen LogP contribution in [0.2, 0.25) is 0 Å². The molecule has 3 aliphatic rings. The highest BCUT2D eigenvalue weighted by Crippen LogP contribution is 2.42. The number of rotatable bonds is 7. The Bertz CT molecular complexity index is 1720. The molecule has 4 aromatic rings. The number of hydrogen-bond donors (Lipinski definition) is 2. The summed E-state index contributed by atoms with van der Waals surface area (Å²) in [5.41, 5.74) is 8.43. The van der Waals surface area contributed by atoms with Gasteiger partial charge in [-0.05, 0) is 74.8 Å². The molecule has 2 aliphatic heterocycles. The van der Waals surface area contributed by atoms with Crippen molar-refractivity contribution < 1.29 is 18.7 Å². The number of nitrogens with one attached hydrogen (secondary N) is 1. The van der Waals surface area contributed by atoms with Gasteiger partial charge in [0.1, 0.15) is 40.2 Å². The van der Waals surface area contributed by atoms with Gasteiger partial charge in [0.05, 0.1) is 12.2 Å². The van der Waals surface area contributed by atoms with E-state index < -0.39 is 11.7 Å². The van der Waals surface area contributed by atoms with Crippen LogP contribution in [0.5, 0.6) is 5.75 Å². The average Bonchev–Trinajstić information content (AvgIpc) is 3.68. The minimum Gasteiger partial charge on any atom is -0.493 e. The molecule has 7 rings (SSSR count). The molecule has 3 aromatic heterocycles. The van der Waals surface area contributed by atoms with Crippen LogP contribution in [0.1, 0.15) is 79.0 Å². The van der Waals surface area contributed by atoms with E-state index in [4.69, 9.17) is 15.5 Å². The third-order valence-corrected chi connectivity index (χ3v) is 8.62. The van der Waals surface area contributed by atoms with E-state index in [0.717, 1.165) is 37.7 Å². The average molecular weight is 570 g/mol. The van der Waals surface area contributed by atoms with Gasteiger partial charge in [0.25, 0.3) is 5.91 Å². The summed E-state index contributed by atoms with van der Waals surface area (Å²) in [6.45, 7) is 2.59. The second-order valence-electron chi connectivity index (χ2n) is 11.3. The summed E-state index contributed by atoms with van der Waals surface area (Å²) in [6, 6.07) is 6.80. The number of imidazole rings is 1. The normalized spacial score (nSPS) is 20.1. The van der Waals surface area contributed by atoms with Gasteiger partial charge in [-0.2, -0.15) is 0 Å². The second-order valence-corrected chi connectivity index (χ2v) is 11.3. The molecule has 0 bridgehead atoms. The zero-order valence-corrected chi connectivity index (χ0v) is 23.3. The molecule has 1 aromatic carbocycles. The summed E-state index contributed by atoms with van der Waals surface area (Å²) in [5, 5.41) is 2.79. The molecule has 2 atom stereocenters. The van der Waals surface area contributed by atoms with Crippen LogP contribution in [-0.4, -0.2) is 55.3 Å². The van der Waals surface area contributed by atoms with Gasteiger partial charge in [-0.3, -0.25) is 14.0 Å². The Morgan fingerprint density at radius 2 is 1.95 bits per heavy atom. The SMILES string of the molecule is CCOc1cc(C(=O)Nc2cc(C3CC3)ccn2)cc(F)c1-c1nc([C@@H]2CC[C@H]3CCC(=O)N3C2)n2ccnc(N)c12. The Morgan fingerprint density at radius 1 is 1.12 bits per heavy atom. The fraction of sp³-hybridized carbons (Fsp3) is 0.387. The molecule has 42 heavy (non-hydrogen) atoms. The number of halogens is 1. The summed E-state index contributed by atoms with van der Waals surface area (Å²) in [5.74, 6) is 0.947. The van der Waals surface area contributed by atoms with Gasteiger partial charge >= 0.3 is 0 Å². The Labute approximate surface area is 242 Å². The summed E-state index contributed by atoms with van der Waals surface area (Å²) in [7, 11) is 0. The first-order valence-corrected chi connectivity index (χ1v) is 14.6. The number of pyridine rings is 1. The highest BCUT2D eigenvalue weighted by Gasteiger charge is 2.38. The van der Waals surface area contributed by atoms with Crippen molar-refractivity contribution >= 4 is 29.0 Å². The van der Waals surface area contributed by atoms with Crippen LogP contribution in [0.25, 0.3) is 16.8 Å². The van der Waals surface area contributed by atoms with Crippen LogP contribution in [-0.2, 0) is 4.79 Å². The number of nitrogens with zero attached hydrogens (tertiary/aromatic N) is 5. The van der Waals surface area contributed by atoms with Gasteiger partial charge < -0.3 is 20.7 Å². The van der Waals surface area contributed by atoms with Crippen molar-refractivity contribution in [2.24, 2.45) is 0 Å². The van der Waals surface area contributed by atoms with Gasteiger partial charge in [0.2, 0.25) is 5.91 Å². The molecule has 3 N–H and O–H groups in total. The molecule has 0 radical (unpaired) electrons. The second kappa shape index (κ2) is 10.4. The Morgan fingerprint density at radius 3 is 2.76 bits per heavy atom. The van der Waals surface area contributed by atoms with Gasteiger partial charge in [0, 0.05) is 49.1 Å². The zero-order valence-electron chi connectivity index (χ0n) is 23.3.